The van der Waals surface area contributed by atoms with Crippen LogP contribution in [0.1, 0.15) is 19.7 Å². The summed E-state index contributed by atoms with van der Waals surface area (Å²) in [6, 6.07) is 9.33. The molecule has 0 aliphatic carbocycles. The van der Waals surface area contributed by atoms with Gasteiger partial charge in [-0.05, 0) is 13.8 Å². The van der Waals surface area contributed by atoms with Crippen LogP contribution in [0.3, 0.4) is 0 Å². The Balaban J connectivity index is 0.00000180. The predicted molar refractivity (Wildman–Crippen MR) is 63.9 cm³/mol. The molecule has 1 radical (unpaired) electrons. The van der Waals surface area contributed by atoms with Gasteiger partial charge in [-0.1, -0.05) is 35.5 Å². The third kappa shape index (κ3) is 3.63. The number of nitrogens with one attached hydrogen (secondary N) is 1. The quantitative estimate of drug-likeness (QED) is 0.775. The third-order valence-corrected chi connectivity index (χ3v) is 2.41. The van der Waals surface area contributed by atoms with Crippen molar-refractivity contribution < 1.29 is 34.8 Å². The molecule has 2 rings (SSSR count). The van der Waals surface area contributed by atoms with E-state index in [1.54, 1.807) is 13.8 Å². The molecule has 0 fully saturated rings. The van der Waals surface area contributed by atoms with Crippen molar-refractivity contribution in [2.24, 2.45) is 0 Å². The fraction of sp³-hybridized carbons (Fsp3) is 0.250. The van der Waals surface area contributed by atoms with Crippen LogP contribution in [0.2, 0.25) is 0 Å². The molecule has 2 aromatic rings. The topological polar surface area (TPSA) is 88.2 Å². The van der Waals surface area contributed by atoms with Crippen molar-refractivity contribution in [2.75, 3.05) is 0 Å². The number of rotatable bonds is 3. The van der Waals surface area contributed by atoms with E-state index >= 15 is 0 Å². The summed E-state index contributed by atoms with van der Waals surface area (Å²) in [6.07, 6.45) is -1.14. The van der Waals surface area contributed by atoms with E-state index in [9.17, 15) is 4.79 Å². The monoisotopic (exact) mass is 434 g/mol. The first-order chi connectivity index (χ1) is 8.49. The fourth-order valence-electron chi connectivity index (χ4n) is 1.50. The van der Waals surface area contributed by atoms with E-state index in [-0.39, 0.29) is 26.3 Å². The molecule has 2 N–H and O–H groups in total. The van der Waals surface area contributed by atoms with Gasteiger partial charge in [-0.25, -0.2) is 4.79 Å². The summed E-state index contributed by atoms with van der Waals surface area (Å²) in [5, 5.41) is 14.9. The zero-order valence-corrected chi connectivity index (χ0v) is 13.1. The molecule has 19 heavy (non-hydrogen) atoms. The average Bonchev–Trinajstić information content (AvgIpc) is 2.78. The van der Waals surface area contributed by atoms with Crippen LogP contribution in [0.15, 0.2) is 34.9 Å². The Kier molecular flexibility index (Phi) is 4.81. The SMILES string of the molecule is CC(C)(NC(=O)O)c1nc(-c2ccccc2)no1.[Re]. The number of hydrogen-bond donors (Lipinski definition) is 2. The summed E-state index contributed by atoms with van der Waals surface area (Å²) in [6.45, 7) is 3.31. The van der Waals surface area contributed by atoms with Gasteiger partial charge in [0, 0.05) is 26.0 Å². The molecule has 1 heterocycles. The molecule has 0 bridgehead atoms. The first kappa shape index (κ1) is 15.4. The molecule has 101 valence electrons. The number of carbonyl (C=O) groups is 1. The molecule has 1 aromatic heterocycles. The van der Waals surface area contributed by atoms with Crippen LogP contribution in [-0.2, 0) is 26.0 Å². The maximum atomic E-state index is 10.7. The molecule has 0 aliphatic heterocycles. The standard InChI is InChI=1S/C12H13N3O3.Re/c1-12(2,14-11(16)17)10-13-9(15-18-10)8-6-4-3-5-7-8;/h3-7,14H,1-2H3,(H,16,17);. The van der Waals surface area contributed by atoms with Gasteiger partial charge in [0.05, 0.1) is 0 Å². The van der Waals surface area contributed by atoms with E-state index in [4.69, 9.17) is 9.63 Å². The summed E-state index contributed by atoms with van der Waals surface area (Å²) in [5.41, 5.74) is -0.107. The molecule has 1 aromatic carbocycles. The first-order valence-electron chi connectivity index (χ1n) is 5.40. The predicted octanol–water partition coefficient (Wildman–Crippen LogP) is 2.24. The van der Waals surface area contributed by atoms with E-state index < -0.39 is 11.6 Å². The van der Waals surface area contributed by atoms with Gasteiger partial charge in [-0.2, -0.15) is 4.98 Å². The molecule has 0 unspecified atom stereocenters. The molecule has 0 spiro atoms. The number of nitrogens with zero attached hydrogens (tertiary/aromatic N) is 2. The smallest absolute Gasteiger partial charge is 0.405 e. The van der Waals surface area contributed by atoms with Gasteiger partial charge < -0.3 is 14.9 Å². The van der Waals surface area contributed by atoms with Gasteiger partial charge in [0.2, 0.25) is 5.82 Å². The van der Waals surface area contributed by atoms with Gasteiger partial charge in [-0.15, -0.1) is 0 Å². The van der Waals surface area contributed by atoms with Gasteiger partial charge in [0.1, 0.15) is 5.54 Å². The Morgan fingerprint density at radius 1 is 1.32 bits per heavy atom. The molecule has 0 saturated heterocycles. The maximum absolute atomic E-state index is 10.7. The largest absolute Gasteiger partial charge is 0.465 e. The Hall–Kier alpha value is -1.71. The molecule has 6 nitrogen and oxygen atoms in total. The number of amides is 1. The van der Waals surface area contributed by atoms with Crippen molar-refractivity contribution >= 4 is 6.09 Å². The number of benzene rings is 1. The zero-order chi connectivity index (χ0) is 13.2. The van der Waals surface area contributed by atoms with Crippen LogP contribution >= 0.6 is 0 Å². The van der Waals surface area contributed by atoms with E-state index in [0.717, 1.165) is 5.56 Å². The van der Waals surface area contributed by atoms with Gasteiger partial charge in [0.15, 0.2) is 0 Å². The van der Waals surface area contributed by atoms with Crippen LogP contribution in [0.5, 0.6) is 0 Å². The van der Waals surface area contributed by atoms with Crippen LogP contribution in [-0.4, -0.2) is 21.3 Å². The summed E-state index contributed by atoms with van der Waals surface area (Å²) in [4.78, 5) is 14.9. The summed E-state index contributed by atoms with van der Waals surface area (Å²) < 4.78 is 5.10. The van der Waals surface area contributed by atoms with E-state index in [1.807, 2.05) is 30.3 Å². The first-order valence-corrected chi connectivity index (χ1v) is 5.40. The third-order valence-electron chi connectivity index (χ3n) is 2.41. The normalized spacial score (nSPS) is 10.6. The van der Waals surface area contributed by atoms with Crippen molar-refractivity contribution in [3.05, 3.63) is 36.2 Å². The van der Waals surface area contributed by atoms with Crippen LogP contribution < -0.4 is 5.32 Å². The average molecular weight is 433 g/mol. The second-order valence-electron chi connectivity index (χ2n) is 4.34. The summed E-state index contributed by atoms with van der Waals surface area (Å²) >= 11 is 0. The van der Waals surface area contributed by atoms with E-state index in [2.05, 4.69) is 15.5 Å². The van der Waals surface area contributed by atoms with Crippen molar-refractivity contribution in [2.45, 2.75) is 19.4 Å². The minimum Gasteiger partial charge on any atom is -0.465 e. The number of carboxylic acid groups (broad SMARTS) is 1. The van der Waals surface area contributed by atoms with Crippen LogP contribution in [0.4, 0.5) is 4.79 Å². The summed E-state index contributed by atoms with van der Waals surface area (Å²) in [5.74, 6) is 0.662. The minimum atomic E-state index is -1.14. The van der Waals surface area contributed by atoms with Crippen molar-refractivity contribution in [1.29, 1.82) is 0 Å². The van der Waals surface area contributed by atoms with Crippen LogP contribution in [0.25, 0.3) is 11.4 Å². The van der Waals surface area contributed by atoms with Crippen LogP contribution in [0, 0.1) is 0 Å². The molecule has 0 aliphatic rings. The number of hydrogen-bond acceptors (Lipinski definition) is 4. The van der Waals surface area contributed by atoms with E-state index in [1.165, 1.54) is 0 Å². The number of aromatic nitrogens is 2. The molecule has 7 heteroatoms. The summed E-state index contributed by atoms with van der Waals surface area (Å²) in [7, 11) is 0. The molecular formula is C12H13N3O3Re. The van der Waals surface area contributed by atoms with E-state index in [0.29, 0.717) is 5.82 Å². The van der Waals surface area contributed by atoms with Gasteiger partial charge in [-0.3, -0.25) is 0 Å². The van der Waals surface area contributed by atoms with Gasteiger partial charge in [0.25, 0.3) is 5.89 Å². The van der Waals surface area contributed by atoms with Crippen molar-refractivity contribution in [1.82, 2.24) is 15.5 Å². The Labute approximate surface area is 123 Å². The van der Waals surface area contributed by atoms with Gasteiger partial charge >= 0.3 is 6.09 Å². The molecule has 0 atom stereocenters. The second-order valence-corrected chi connectivity index (χ2v) is 4.34. The minimum absolute atomic E-state index is 0. The van der Waals surface area contributed by atoms with Crippen molar-refractivity contribution in [3.63, 3.8) is 0 Å². The fourth-order valence-corrected chi connectivity index (χ4v) is 1.50. The molecule has 1 amide bonds. The second kappa shape index (κ2) is 5.96. The zero-order valence-electron chi connectivity index (χ0n) is 10.4. The maximum Gasteiger partial charge on any atom is 0.405 e. The molecule has 0 saturated carbocycles. The van der Waals surface area contributed by atoms with Crippen molar-refractivity contribution in [3.8, 4) is 11.4 Å². The Morgan fingerprint density at radius 3 is 2.53 bits per heavy atom. The Morgan fingerprint density at radius 2 is 1.95 bits per heavy atom. The molecular weight excluding hydrogens is 420 g/mol. The Bertz CT molecular complexity index is 554.